The van der Waals surface area contributed by atoms with Crippen LogP contribution in [0.2, 0.25) is 0 Å². The fourth-order valence-corrected chi connectivity index (χ4v) is 1.52. The summed E-state index contributed by atoms with van der Waals surface area (Å²) >= 11 is 5.58. The number of alkyl halides is 1. The zero-order valence-corrected chi connectivity index (χ0v) is 8.47. The van der Waals surface area contributed by atoms with E-state index in [1.54, 1.807) is 0 Å². The largest absolute Gasteiger partial charge is 0.391 e. The highest BCUT2D eigenvalue weighted by molar-refractivity contribution is 6.18. The summed E-state index contributed by atoms with van der Waals surface area (Å²) in [6.07, 6.45) is 0.351. The molecule has 0 amide bonds. The van der Waals surface area contributed by atoms with Crippen molar-refractivity contribution in [3.63, 3.8) is 0 Å². The van der Waals surface area contributed by atoms with Gasteiger partial charge in [0.1, 0.15) is 6.10 Å². The van der Waals surface area contributed by atoms with Gasteiger partial charge in [-0.2, -0.15) is 0 Å². The van der Waals surface area contributed by atoms with Crippen molar-refractivity contribution >= 4 is 17.3 Å². The van der Waals surface area contributed by atoms with E-state index in [-0.39, 0.29) is 6.10 Å². The van der Waals surface area contributed by atoms with Gasteiger partial charge in [-0.1, -0.05) is 5.16 Å². The summed E-state index contributed by atoms with van der Waals surface area (Å²) in [6.45, 7) is 0. The number of benzene rings is 1. The topological polar surface area (TPSA) is 21.6 Å². The van der Waals surface area contributed by atoms with Gasteiger partial charge in [0.2, 0.25) is 0 Å². The van der Waals surface area contributed by atoms with Crippen LogP contribution in [-0.4, -0.2) is 17.7 Å². The van der Waals surface area contributed by atoms with Crippen molar-refractivity contribution in [1.82, 2.24) is 0 Å². The molecular formula is C10H8ClF2NO. The Morgan fingerprint density at radius 2 is 2.20 bits per heavy atom. The van der Waals surface area contributed by atoms with E-state index in [0.29, 0.717) is 23.6 Å². The van der Waals surface area contributed by atoms with E-state index in [9.17, 15) is 8.78 Å². The molecule has 1 aliphatic rings. The molecule has 0 radical (unpaired) electrons. The molecule has 0 aliphatic carbocycles. The Morgan fingerprint density at radius 1 is 1.40 bits per heavy atom. The smallest absolute Gasteiger partial charge is 0.159 e. The number of rotatable bonds is 2. The van der Waals surface area contributed by atoms with Crippen LogP contribution in [0, 0.1) is 11.6 Å². The van der Waals surface area contributed by atoms with Crippen molar-refractivity contribution in [2.75, 3.05) is 5.88 Å². The lowest BCUT2D eigenvalue weighted by molar-refractivity contribution is 0.102. The lowest BCUT2D eigenvalue weighted by atomic mass is 10.1. The highest BCUT2D eigenvalue weighted by Crippen LogP contribution is 2.19. The van der Waals surface area contributed by atoms with Crippen LogP contribution in [0.15, 0.2) is 23.4 Å². The summed E-state index contributed by atoms with van der Waals surface area (Å²) in [5.41, 5.74) is 1.13. The summed E-state index contributed by atoms with van der Waals surface area (Å²) in [5, 5.41) is 3.77. The van der Waals surface area contributed by atoms with Gasteiger partial charge in [-0.15, -0.1) is 11.6 Å². The number of halogens is 3. The number of oxime groups is 1. The monoisotopic (exact) mass is 231 g/mol. The van der Waals surface area contributed by atoms with Crippen molar-refractivity contribution in [3.05, 3.63) is 35.4 Å². The number of hydrogen-bond acceptors (Lipinski definition) is 2. The normalized spacial score (nSPS) is 19.9. The third-order valence-corrected chi connectivity index (χ3v) is 2.50. The van der Waals surface area contributed by atoms with E-state index >= 15 is 0 Å². The molecule has 0 saturated carbocycles. The van der Waals surface area contributed by atoms with E-state index < -0.39 is 11.6 Å². The molecule has 0 N–H and O–H groups in total. The van der Waals surface area contributed by atoms with E-state index in [2.05, 4.69) is 5.16 Å². The zero-order chi connectivity index (χ0) is 10.8. The lowest BCUT2D eigenvalue weighted by Gasteiger charge is -2.01. The summed E-state index contributed by atoms with van der Waals surface area (Å²) < 4.78 is 25.6. The maximum Gasteiger partial charge on any atom is 0.159 e. The molecule has 1 aromatic rings. The Bertz CT molecular complexity index is 408. The molecule has 0 fully saturated rings. The van der Waals surface area contributed by atoms with E-state index in [1.807, 2.05) is 0 Å². The molecule has 5 heteroatoms. The van der Waals surface area contributed by atoms with Gasteiger partial charge in [0, 0.05) is 12.0 Å². The van der Waals surface area contributed by atoms with Gasteiger partial charge in [0.15, 0.2) is 11.6 Å². The van der Waals surface area contributed by atoms with Crippen LogP contribution in [0.4, 0.5) is 8.78 Å². The van der Waals surface area contributed by atoms with E-state index in [0.717, 1.165) is 12.1 Å². The fraction of sp³-hybridized carbons (Fsp3) is 0.300. The Kier molecular flexibility index (Phi) is 2.86. The van der Waals surface area contributed by atoms with Crippen molar-refractivity contribution in [3.8, 4) is 0 Å². The maximum atomic E-state index is 12.9. The molecule has 0 spiro atoms. The molecule has 0 bridgehead atoms. The predicted octanol–water partition coefficient (Wildman–Crippen LogP) is 2.70. The van der Waals surface area contributed by atoms with Gasteiger partial charge in [-0.05, 0) is 18.2 Å². The third kappa shape index (κ3) is 2.09. The fourth-order valence-electron chi connectivity index (χ4n) is 1.36. The molecule has 1 atom stereocenters. The lowest BCUT2D eigenvalue weighted by Crippen LogP contribution is -2.09. The van der Waals surface area contributed by atoms with Crippen molar-refractivity contribution in [2.45, 2.75) is 12.5 Å². The van der Waals surface area contributed by atoms with Crippen LogP contribution in [0.3, 0.4) is 0 Å². The number of nitrogens with zero attached hydrogens (tertiary/aromatic N) is 1. The van der Waals surface area contributed by atoms with E-state index in [4.69, 9.17) is 16.4 Å². The summed E-state index contributed by atoms with van der Waals surface area (Å²) in [5.74, 6) is -1.42. The predicted molar refractivity (Wildman–Crippen MR) is 53.1 cm³/mol. The molecule has 80 valence electrons. The van der Waals surface area contributed by atoms with Gasteiger partial charge in [-0.25, -0.2) is 8.78 Å². The molecular weight excluding hydrogens is 224 g/mol. The van der Waals surface area contributed by atoms with Crippen molar-refractivity contribution < 1.29 is 13.6 Å². The minimum Gasteiger partial charge on any atom is -0.391 e. The molecule has 1 heterocycles. The third-order valence-electron chi connectivity index (χ3n) is 2.16. The van der Waals surface area contributed by atoms with Crippen LogP contribution < -0.4 is 0 Å². The first-order valence-corrected chi connectivity index (χ1v) is 4.98. The molecule has 15 heavy (non-hydrogen) atoms. The van der Waals surface area contributed by atoms with Gasteiger partial charge in [0.05, 0.1) is 11.6 Å². The van der Waals surface area contributed by atoms with Gasteiger partial charge in [0.25, 0.3) is 0 Å². The summed E-state index contributed by atoms with van der Waals surface area (Å²) in [4.78, 5) is 4.98. The second kappa shape index (κ2) is 4.14. The SMILES string of the molecule is Fc1ccc(C2=NOC(CCl)C2)cc1F. The van der Waals surface area contributed by atoms with Crippen molar-refractivity contribution in [2.24, 2.45) is 5.16 Å². The van der Waals surface area contributed by atoms with E-state index in [1.165, 1.54) is 6.07 Å². The Labute approximate surface area is 90.5 Å². The molecule has 1 aromatic carbocycles. The van der Waals surface area contributed by atoms with Crippen LogP contribution in [0.1, 0.15) is 12.0 Å². The van der Waals surface area contributed by atoms with Crippen LogP contribution >= 0.6 is 11.6 Å². The molecule has 0 saturated heterocycles. The standard InChI is InChI=1S/C10H8ClF2NO/c11-5-7-4-10(14-15-7)6-1-2-8(12)9(13)3-6/h1-3,7H,4-5H2. The minimum atomic E-state index is -0.885. The first kappa shape index (κ1) is 10.4. The molecule has 0 aromatic heterocycles. The summed E-state index contributed by atoms with van der Waals surface area (Å²) in [6, 6.07) is 3.65. The van der Waals surface area contributed by atoms with Crippen LogP contribution in [-0.2, 0) is 4.84 Å². The molecule has 2 rings (SSSR count). The Hall–Kier alpha value is -1.16. The Balaban J connectivity index is 2.21. The van der Waals surface area contributed by atoms with Gasteiger partial charge < -0.3 is 4.84 Å². The highest BCUT2D eigenvalue weighted by Gasteiger charge is 2.21. The highest BCUT2D eigenvalue weighted by atomic mass is 35.5. The first-order valence-electron chi connectivity index (χ1n) is 4.45. The first-order chi connectivity index (χ1) is 7.20. The summed E-state index contributed by atoms with van der Waals surface area (Å²) in [7, 11) is 0. The van der Waals surface area contributed by atoms with Crippen LogP contribution in [0.5, 0.6) is 0 Å². The minimum absolute atomic E-state index is 0.171. The molecule has 1 aliphatic heterocycles. The quantitative estimate of drug-likeness (QED) is 0.717. The number of hydrogen-bond donors (Lipinski definition) is 0. The average molecular weight is 232 g/mol. The second-order valence-corrected chi connectivity index (χ2v) is 3.56. The molecule has 2 nitrogen and oxygen atoms in total. The molecule has 1 unspecified atom stereocenters. The van der Waals surface area contributed by atoms with Crippen molar-refractivity contribution in [1.29, 1.82) is 0 Å². The van der Waals surface area contributed by atoms with Crippen LogP contribution in [0.25, 0.3) is 0 Å². The average Bonchev–Trinajstić information content (AvgIpc) is 2.70. The zero-order valence-electron chi connectivity index (χ0n) is 7.71. The Morgan fingerprint density at radius 3 is 2.80 bits per heavy atom. The second-order valence-electron chi connectivity index (χ2n) is 3.25. The van der Waals surface area contributed by atoms with Gasteiger partial charge in [-0.3, -0.25) is 0 Å². The maximum absolute atomic E-state index is 12.9. The van der Waals surface area contributed by atoms with Gasteiger partial charge >= 0.3 is 0 Å².